The summed E-state index contributed by atoms with van der Waals surface area (Å²) in [5.41, 5.74) is 7.29. The van der Waals surface area contributed by atoms with Crippen molar-refractivity contribution in [3.8, 4) is 0 Å². The molecule has 2 aliphatic heterocycles. The Kier molecular flexibility index (Phi) is 3.81. The lowest BCUT2D eigenvalue weighted by Gasteiger charge is -2.20. The second kappa shape index (κ2) is 5.44. The Morgan fingerprint density at radius 1 is 1.25 bits per heavy atom. The van der Waals surface area contributed by atoms with Crippen molar-refractivity contribution in [1.29, 1.82) is 0 Å². The number of nitrogens with one attached hydrogen (secondary N) is 1. The molecule has 0 aromatic heterocycles. The van der Waals surface area contributed by atoms with Crippen LogP contribution in [0.25, 0.3) is 0 Å². The number of benzene rings is 1. The average molecular weight is 296 g/mol. The van der Waals surface area contributed by atoms with E-state index in [0.29, 0.717) is 6.54 Å². The second-order valence-corrected chi connectivity index (χ2v) is 7.32. The Labute approximate surface area is 119 Å². The van der Waals surface area contributed by atoms with Crippen molar-refractivity contribution in [2.45, 2.75) is 49.8 Å². The van der Waals surface area contributed by atoms with Gasteiger partial charge >= 0.3 is 0 Å². The van der Waals surface area contributed by atoms with E-state index in [1.54, 1.807) is 0 Å². The molecule has 0 aliphatic carbocycles. The molecule has 0 saturated carbocycles. The van der Waals surface area contributed by atoms with Gasteiger partial charge in [0.05, 0.1) is 24.0 Å². The van der Waals surface area contributed by atoms with Crippen molar-refractivity contribution < 1.29 is 13.2 Å². The van der Waals surface area contributed by atoms with E-state index in [2.05, 4.69) is 4.72 Å². The van der Waals surface area contributed by atoms with Gasteiger partial charge in [0.1, 0.15) is 0 Å². The molecular formula is C14H20N2O3S. The molecule has 2 aliphatic rings. The van der Waals surface area contributed by atoms with Gasteiger partial charge in [0.25, 0.3) is 0 Å². The molecule has 2 bridgehead atoms. The van der Waals surface area contributed by atoms with E-state index in [-0.39, 0.29) is 24.0 Å². The number of nitrogens with two attached hydrogens (primary N) is 1. The molecule has 2 fully saturated rings. The lowest BCUT2D eigenvalue weighted by Crippen LogP contribution is -2.41. The van der Waals surface area contributed by atoms with E-state index < -0.39 is 10.0 Å². The first-order valence-electron chi connectivity index (χ1n) is 7.00. The van der Waals surface area contributed by atoms with Gasteiger partial charge in [-0.25, -0.2) is 13.1 Å². The molecule has 3 atom stereocenters. The molecule has 2 saturated heterocycles. The highest BCUT2D eigenvalue weighted by atomic mass is 32.2. The maximum atomic E-state index is 12.3. The first-order valence-corrected chi connectivity index (χ1v) is 8.65. The van der Waals surface area contributed by atoms with E-state index in [4.69, 9.17) is 10.5 Å². The molecule has 1 aromatic carbocycles. The minimum Gasteiger partial charge on any atom is -0.373 e. The van der Waals surface area contributed by atoms with Crippen LogP contribution in [-0.2, 0) is 27.1 Å². The normalized spacial score (nSPS) is 28.9. The number of sulfonamides is 1. The van der Waals surface area contributed by atoms with Crippen molar-refractivity contribution in [1.82, 2.24) is 4.72 Å². The van der Waals surface area contributed by atoms with Gasteiger partial charge in [-0.2, -0.15) is 0 Å². The van der Waals surface area contributed by atoms with Crippen LogP contribution in [0.1, 0.15) is 30.4 Å². The molecule has 3 rings (SSSR count). The fourth-order valence-electron chi connectivity index (χ4n) is 3.14. The lowest BCUT2D eigenvalue weighted by atomic mass is 9.96. The van der Waals surface area contributed by atoms with Gasteiger partial charge in [0.15, 0.2) is 0 Å². The highest BCUT2D eigenvalue weighted by Crippen LogP contribution is 2.34. The van der Waals surface area contributed by atoms with Crippen LogP contribution in [0.15, 0.2) is 24.3 Å². The maximum absolute atomic E-state index is 12.3. The van der Waals surface area contributed by atoms with Crippen molar-refractivity contribution >= 4 is 10.0 Å². The monoisotopic (exact) mass is 296 g/mol. The number of hydrogen-bond acceptors (Lipinski definition) is 4. The summed E-state index contributed by atoms with van der Waals surface area (Å²) in [4.78, 5) is 0. The Morgan fingerprint density at radius 2 is 2.00 bits per heavy atom. The van der Waals surface area contributed by atoms with Gasteiger partial charge in [0, 0.05) is 6.54 Å². The van der Waals surface area contributed by atoms with Crippen LogP contribution in [0.2, 0.25) is 0 Å². The highest BCUT2D eigenvalue weighted by molar-refractivity contribution is 7.88. The molecule has 2 heterocycles. The van der Waals surface area contributed by atoms with Gasteiger partial charge in [-0.1, -0.05) is 24.3 Å². The third-order valence-electron chi connectivity index (χ3n) is 4.12. The molecule has 0 radical (unpaired) electrons. The molecule has 0 amide bonds. The van der Waals surface area contributed by atoms with Gasteiger partial charge < -0.3 is 10.5 Å². The van der Waals surface area contributed by atoms with E-state index >= 15 is 0 Å². The maximum Gasteiger partial charge on any atom is 0.216 e. The largest absolute Gasteiger partial charge is 0.373 e. The van der Waals surface area contributed by atoms with E-state index in [1.807, 2.05) is 24.3 Å². The third-order valence-corrected chi connectivity index (χ3v) is 5.47. The van der Waals surface area contributed by atoms with Crippen molar-refractivity contribution in [3.63, 3.8) is 0 Å². The molecule has 3 N–H and O–H groups in total. The third kappa shape index (κ3) is 2.88. The summed E-state index contributed by atoms with van der Waals surface area (Å²) in [5, 5.41) is 0. The first-order chi connectivity index (χ1) is 9.57. The molecule has 3 unspecified atom stereocenters. The van der Waals surface area contributed by atoms with Crippen LogP contribution in [-0.4, -0.2) is 26.7 Å². The van der Waals surface area contributed by atoms with Gasteiger partial charge in [-0.05, 0) is 30.4 Å². The summed E-state index contributed by atoms with van der Waals surface area (Å²) in [6.45, 7) is 0.350. The minimum atomic E-state index is -3.36. The number of hydrogen-bond donors (Lipinski definition) is 2. The lowest BCUT2D eigenvalue weighted by molar-refractivity contribution is 0.0996. The van der Waals surface area contributed by atoms with Gasteiger partial charge in [-0.15, -0.1) is 0 Å². The summed E-state index contributed by atoms with van der Waals surface area (Å²) in [6, 6.07) is 7.33. The minimum absolute atomic E-state index is 0.0196. The standard InChI is InChI=1S/C14H20N2O3S/c15-8-10-3-1-2-4-11(10)9-20(17,18)16-13-7-12-5-6-14(13)19-12/h1-4,12-14,16H,5-9,15H2. The van der Waals surface area contributed by atoms with Gasteiger partial charge in [-0.3, -0.25) is 0 Å². The number of rotatable bonds is 5. The Morgan fingerprint density at radius 3 is 2.60 bits per heavy atom. The zero-order valence-corrected chi connectivity index (χ0v) is 12.1. The van der Waals surface area contributed by atoms with Crippen LogP contribution in [0, 0.1) is 0 Å². The first kappa shape index (κ1) is 14.0. The summed E-state index contributed by atoms with van der Waals surface area (Å²) in [6.07, 6.45) is 3.10. The van der Waals surface area contributed by atoms with Crippen LogP contribution in [0.5, 0.6) is 0 Å². The van der Waals surface area contributed by atoms with Crippen molar-refractivity contribution in [2.75, 3.05) is 0 Å². The SMILES string of the molecule is NCc1ccccc1CS(=O)(=O)NC1CC2CCC1O2. The van der Waals surface area contributed by atoms with E-state index in [1.165, 1.54) is 0 Å². The van der Waals surface area contributed by atoms with Gasteiger partial charge in [0.2, 0.25) is 10.0 Å². The second-order valence-electron chi connectivity index (χ2n) is 5.57. The zero-order valence-electron chi connectivity index (χ0n) is 11.3. The number of fused-ring (bicyclic) bond motifs is 2. The molecule has 5 nitrogen and oxygen atoms in total. The van der Waals surface area contributed by atoms with Crippen molar-refractivity contribution in [2.24, 2.45) is 5.73 Å². The molecule has 20 heavy (non-hydrogen) atoms. The molecule has 6 heteroatoms. The predicted molar refractivity (Wildman–Crippen MR) is 76.4 cm³/mol. The van der Waals surface area contributed by atoms with Crippen LogP contribution in [0.3, 0.4) is 0 Å². The summed E-state index contributed by atoms with van der Waals surface area (Å²) >= 11 is 0. The van der Waals surface area contributed by atoms with Crippen molar-refractivity contribution in [3.05, 3.63) is 35.4 Å². The van der Waals surface area contributed by atoms with Crippen LogP contribution < -0.4 is 10.5 Å². The quantitative estimate of drug-likeness (QED) is 0.845. The fraction of sp³-hybridized carbons (Fsp3) is 0.571. The topological polar surface area (TPSA) is 81.4 Å². The summed E-state index contributed by atoms with van der Waals surface area (Å²) < 4.78 is 33.1. The summed E-state index contributed by atoms with van der Waals surface area (Å²) in [7, 11) is -3.36. The average Bonchev–Trinajstić information content (AvgIpc) is 3.00. The predicted octanol–water partition coefficient (Wildman–Crippen LogP) is 0.885. The van der Waals surface area contributed by atoms with Crippen LogP contribution >= 0.6 is 0 Å². The molecule has 110 valence electrons. The Balaban J connectivity index is 1.69. The van der Waals surface area contributed by atoms with E-state index in [9.17, 15) is 8.42 Å². The van der Waals surface area contributed by atoms with E-state index in [0.717, 1.165) is 30.4 Å². The summed E-state index contributed by atoms with van der Waals surface area (Å²) in [5.74, 6) is -0.0196. The zero-order chi connectivity index (χ0) is 14.2. The highest BCUT2D eigenvalue weighted by Gasteiger charge is 2.42. The molecule has 0 spiro atoms. The smallest absolute Gasteiger partial charge is 0.216 e. The number of ether oxygens (including phenoxy) is 1. The Hall–Kier alpha value is -0.950. The Bertz CT molecular complexity index is 588. The fourth-order valence-corrected chi connectivity index (χ4v) is 4.62. The molecular weight excluding hydrogens is 276 g/mol. The van der Waals surface area contributed by atoms with Crippen LogP contribution in [0.4, 0.5) is 0 Å². The molecule has 1 aromatic rings.